The van der Waals surface area contributed by atoms with Crippen LogP contribution < -0.4 is 5.32 Å². The van der Waals surface area contributed by atoms with Crippen LogP contribution in [0.15, 0.2) is 6.20 Å². The van der Waals surface area contributed by atoms with E-state index in [0.717, 1.165) is 34.1 Å². The number of nitrogens with zero attached hydrogens (tertiary/aromatic N) is 4. The maximum atomic E-state index is 9.36. The standard InChI is InChI=1S/C13H15N5S/c1-4-9-10(6-14)12(18-17-11(9)5-2)16-13-15-7-8(3)19-13/h7H,4-5H2,1-3H3,(H,15,16,18). The number of thiazole rings is 1. The molecule has 0 unspecified atom stereocenters. The zero-order valence-corrected chi connectivity index (χ0v) is 12.0. The second-order valence-electron chi connectivity index (χ2n) is 4.07. The summed E-state index contributed by atoms with van der Waals surface area (Å²) in [6, 6.07) is 2.23. The van der Waals surface area contributed by atoms with E-state index in [1.165, 1.54) is 11.3 Å². The minimum absolute atomic E-state index is 0.492. The largest absolute Gasteiger partial charge is 0.314 e. The highest BCUT2D eigenvalue weighted by Crippen LogP contribution is 2.25. The van der Waals surface area contributed by atoms with E-state index in [2.05, 4.69) is 26.6 Å². The predicted octanol–water partition coefficient (Wildman–Crippen LogP) is 2.98. The van der Waals surface area contributed by atoms with E-state index in [0.29, 0.717) is 11.4 Å². The molecule has 1 N–H and O–H groups in total. The fraction of sp³-hybridized carbons (Fsp3) is 0.385. The average molecular weight is 273 g/mol. The first kappa shape index (κ1) is 13.4. The molecule has 0 spiro atoms. The van der Waals surface area contributed by atoms with Crippen molar-refractivity contribution in [2.45, 2.75) is 33.6 Å². The van der Waals surface area contributed by atoms with Crippen LogP contribution in [0.25, 0.3) is 0 Å². The molecule has 0 aromatic carbocycles. The van der Waals surface area contributed by atoms with Gasteiger partial charge in [-0.1, -0.05) is 13.8 Å². The molecular weight excluding hydrogens is 258 g/mol. The smallest absolute Gasteiger partial charge is 0.188 e. The van der Waals surface area contributed by atoms with E-state index < -0.39 is 0 Å². The Morgan fingerprint density at radius 2 is 2.11 bits per heavy atom. The van der Waals surface area contributed by atoms with Gasteiger partial charge in [-0.2, -0.15) is 10.4 Å². The first-order valence-corrected chi connectivity index (χ1v) is 6.99. The van der Waals surface area contributed by atoms with Crippen LogP contribution in [0.4, 0.5) is 10.9 Å². The molecule has 0 bridgehead atoms. The number of hydrogen-bond acceptors (Lipinski definition) is 6. The van der Waals surface area contributed by atoms with Crippen molar-refractivity contribution in [2.24, 2.45) is 0 Å². The summed E-state index contributed by atoms with van der Waals surface area (Å²) in [5, 5.41) is 21.5. The molecule has 0 fully saturated rings. The Hall–Kier alpha value is -2.00. The zero-order valence-electron chi connectivity index (χ0n) is 11.2. The summed E-state index contributed by atoms with van der Waals surface area (Å²) in [7, 11) is 0. The van der Waals surface area contributed by atoms with Gasteiger partial charge in [0.25, 0.3) is 0 Å². The number of aromatic nitrogens is 3. The summed E-state index contributed by atoms with van der Waals surface area (Å²) >= 11 is 1.53. The van der Waals surface area contributed by atoms with Crippen molar-refractivity contribution in [2.75, 3.05) is 5.32 Å². The monoisotopic (exact) mass is 273 g/mol. The molecule has 0 aliphatic heterocycles. The van der Waals surface area contributed by atoms with Crippen LogP contribution in [-0.2, 0) is 12.8 Å². The molecule has 2 aromatic heterocycles. The molecule has 0 amide bonds. The summed E-state index contributed by atoms with van der Waals surface area (Å²) in [6.45, 7) is 6.02. The molecule has 2 rings (SSSR count). The summed E-state index contributed by atoms with van der Waals surface area (Å²) in [4.78, 5) is 5.32. The summed E-state index contributed by atoms with van der Waals surface area (Å²) in [5.74, 6) is 0.492. The number of nitrogens with one attached hydrogen (secondary N) is 1. The molecule has 6 heteroatoms. The van der Waals surface area contributed by atoms with E-state index in [1.807, 2.05) is 20.8 Å². The molecule has 0 aliphatic rings. The first-order chi connectivity index (χ1) is 9.19. The number of nitriles is 1. The van der Waals surface area contributed by atoms with Gasteiger partial charge in [0.05, 0.1) is 5.69 Å². The summed E-state index contributed by atoms with van der Waals surface area (Å²) < 4.78 is 0. The number of aryl methyl sites for hydroxylation is 2. The van der Waals surface area contributed by atoms with E-state index in [9.17, 15) is 5.26 Å². The van der Waals surface area contributed by atoms with Crippen molar-refractivity contribution in [1.82, 2.24) is 15.2 Å². The Morgan fingerprint density at radius 1 is 1.32 bits per heavy atom. The molecule has 5 nitrogen and oxygen atoms in total. The van der Waals surface area contributed by atoms with Crippen LogP contribution in [0, 0.1) is 18.3 Å². The van der Waals surface area contributed by atoms with Crippen molar-refractivity contribution in [3.05, 3.63) is 27.9 Å². The molecular formula is C13H15N5S. The lowest BCUT2D eigenvalue weighted by atomic mass is 10.0. The van der Waals surface area contributed by atoms with E-state index >= 15 is 0 Å². The highest BCUT2D eigenvalue weighted by atomic mass is 32.1. The third-order valence-corrected chi connectivity index (χ3v) is 3.63. The maximum Gasteiger partial charge on any atom is 0.188 e. The third-order valence-electron chi connectivity index (χ3n) is 2.80. The Morgan fingerprint density at radius 3 is 2.63 bits per heavy atom. The van der Waals surface area contributed by atoms with Crippen LogP contribution in [0.2, 0.25) is 0 Å². The van der Waals surface area contributed by atoms with Gasteiger partial charge in [-0.05, 0) is 25.3 Å². The minimum atomic E-state index is 0.492. The normalized spacial score (nSPS) is 10.2. The average Bonchev–Trinajstić information content (AvgIpc) is 2.83. The Kier molecular flexibility index (Phi) is 4.07. The number of anilines is 2. The van der Waals surface area contributed by atoms with Crippen LogP contribution in [0.1, 0.15) is 35.5 Å². The minimum Gasteiger partial charge on any atom is -0.314 e. The predicted molar refractivity (Wildman–Crippen MR) is 75.6 cm³/mol. The maximum absolute atomic E-state index is 9.36. The van der Waals surface area contributed by atoms with Crippen molar-refractivity contribution in [3.8, 4) is 6.07 Å². The van der Waals surface area contributed by atoms with E-state index in [4.69, 9.17) is 0 Å². The van der Waals surface area contributed by atoms with Gasteiger partial charge < -0.3 is 5.32 Å². The van der Waals surface area contributed by atoms with Crippen molar-refractivity contribution < 1.29 is 0 Å². The molecule has 0 atom stereocenters. The molecule has 0 radical (unpaired) electrons. The van der Waals surface area contributed by atoms with Crippen LogP contribution in [-0.4, -0.2) is 15.2 Å². The van der Waals surface area contributed by atoms with Gasteiger partial charge in [0.15, 0.2) is 10.9 Å². The Bertz CT molecular complexity index is 626. The van der Waals surface area contributed by atoms with Gasteiger partial charge in [0.1, 0.15) is 11.6 Å². The lowest BCUT2D eigenvalue weighted by Crippen LogP contribution is -2.07. The molecule has 2 aromatic rings. The SMILES string of the molecule is CCc1nnc(Nc2ncc(C)s2)c(C#N)c1CC. The third kappa shape index (κ3) is 2.71. The Labute approximate surface area is 116 Å². The fourth-order valence-corrected chi connectivity index (χ4v) is 2.56. The van der Waals surface area contributed by atoms with Gasteiger partial charge in [-0.15, -0.1) is 16.4 Å². The van der Waals surface area contributed by atoms with Gasteiger partial charge >= 0.3 is 0 Å². The van der Waals surface area contributed by atoms with Crippen molar-refractivity contribution in [3.63, 3.8) is 0 Å². The van der Waals surface area contributed by atoms with Crippen LogP contribution in [0.3, 0.4) is 0 Å². The second kappa shape index (κ2) is 5.76. The van der Waals surface area contributed by atoms with Crippen LogP contribution >= 0.6 is 11.3 Å². The van der Waals surface area contributed by atoms with Gasteiger partial charge in [-0.3, -0.25) is 0 Å². The van der Waals surface area contributed by atoms with Crippen LogP contribution in [0.5, 0.6) is 0 Å². The van der Waals surface area contributed by atoms with E-state index in [1.54, 1.807) is 6.20 Å². The molecule has 0 saturated heterocycles. The quantitative estimate of drug-likeness (QED) is 0.927. The zero-order chi connectivity index (χ0) is 13.8. The molecule has 19 heavy (non-hydrogen) atoms. The summed E-state index contributed by atoms with van der Waals surface area (Å²) in [5.41, 5.74) is 2.43. The Balaban J connectivity index is 2.43. The topological polar surface area (TPSA) is 74.5 Å². The molecule has 0 aliphatic carbocycles. The number of rotatable bonds is 4. The number of hydrogen-bond donors (Lipinski definition) is 1. The highest BCUT2D eigenvalue weighted by molar-refractivity contribution is 7.15. The van der Waals surface area contributed by atoms with Crippen molar-refractivity contribution in [1.29, 1.82) is 5.26 Å². The molecule has 2 heterocycles. The van der Waals surface area contributed by atoms with Gasteiger partial charge in [0.2, 0.25) is 0 Å². The fourth-order valence-electron chi connectivity index (χ4n) is 1.89. The van der Waals surface area contributed by atoms with E-state index in [-0.39, 0.29) is 0 Å². The van der Waals surface area contributed by atoms with Gasteiger partial charge in [-0.25, -0.2) is 4.98 Å². The summed E-state index contributed by atoms with van der Waals surface area (Å²) in [6.07, 6.45) is 3.34. The van der Waals surface area contributed by atoms with Gasteiger partial charge in [0, 0.05) is 11.1 Å². The van der Waals surface area contributed by atoms with Crippen molar-refractivity contribution >= 4 is 22.3 Å². The molecule has 0 saturated carbocycles. The highest BCUT2D eigenvalue weighted by Gasteiger charge is 2.15. The lowest BCUT2D eigenvalue weighted by molar-refractivity contribution is 0.877. The lowest BCUT2D eigenvalue weighted by Gasteiger charge is -2.10. The first-order valence-electron chi connectivity index (χ1n) is 6.17. The molecule has 98 valence electrons. The second-order valence-corrected chi connectivity index (χ2v) is 5.30.